The zero-order chi connectivity index (χ0) is 15.8. The summed E-state index contributed by atoms with van der Waals surface area (Å²) in [7, 11) is 0. The molecule has 1 saturated heterocycles. The average Bonchev–Trinajstić information content (AvgIpc) is 2.58. The Morgan fingerprint density at radius 1 is 1.23 bits per heavy atom. The molecule has 1 aliphatic heterocycles. The number of aliphatic hydroxyl groups excluding tert-OH is 1. The van der Waals surface area contributed by atoms with Crippen LogP contribution in [0.25, 0.3) is 0 Å². The van der Waals surface area contributed by atoms with Gasteiger partial charge in [-0.25, -0.2) is 0 Å². The van der Waals surface area contributed by atoms with Gasteiger partial charge in [0.2, 0.25) is 0 Å². The van der Waals surface area contributed by atoms with Crippen LogP contribution in [0.15, 0.2) is 29.2 Å². The number of likely N-dealkylation sites (tertiary alicyclic amines) is 1. The zero-order valence-electron chi connectivity index (χ0n) is 14.1. The first-order chi connectivity index (χ1) is 10.7. The number of thioether (sulfide) groups is 1. The summed E-state index contributed by atoms with van der Waals surface area (Å²) in [6, 6.07) is 9.21. The largest absolute Gasteiger partial charge is 0.388 e. The Labute approximate surface area is 140 Å². The Morgan fingerprint density at radius 3 is 2.68 bits per heavy atom. The summed E-state index contributed by atoms with van der Waals surface area (Å²) in [5.41, 5.74) is 1.06. The van der Waals surface area contributed by atoms with E-state index in [1.165, 1.54) is 43.5 Å². The Morgan fingerprint density at radius 2 is 2.00 bits per heavy atom. The van der Waals surface area contributed by atoms with Crippen molar-refractivity contribution < 1.29 is 5.11 Å². The van der Waals surface area contributed by atoms with Crippen LogP contribution >= 0.6 is 11.8 Å². The maximum atomic E-state index is 10.4. The molecule has 2 nitrogen and oxygen atoms in total. The van der Waals surface area contributed by atoms with Gasteiger partial charge in [-0.05, 0) is 62.1 Å². The molecule has 3 heteroatoms. The normalized spacial score (nSPS) is 21.0. The number of nitrogens with zero attached hydrogens (tertiary/aromatic N) is 1. The first kappa shape index (κ1) is 17.8. The molecule has 0 amide bonds. The second kappa shape index (κ2) is 9.59. The lowest BCUT2D eigenvalue weighted by Crippen LogP contribution is -2.40. The molecule has 1 fully saturated rings. The maximum Gasteiger partial charge on any atom is 0.0802 e. The van der Waals surface area contributed by atoms with Crippen molar-refractivity contribution in [1.29, 1.82) is 0 Å². The zero-order valence-corrected chi connectivity index (χ0v) is 14.9. The van der Waals surface area contributed by atoms with Gasteiger partial charge in [0.05, 0.1) is 6.10 Å². The minimum Gasteiger partial charge on any atom is -0.388 e. The van der Waals surface area contributed by atoms with Crippen LogP contribution < -0.4 is 0 Å². The number of piperidine rings is 1. The van der Waals surface area contributed by atoms with E-state index in [4.69, 9.17) is 0 Å². The summed E-state index contributed by atoms with van der Waals surface area (Å²) in [5.74, 6) is 1.16. The van der Waals surface area contributed by atoms with Crippen molar-refractivity contribution in [3.05, 3.63) is 29.8 Å². The molecule has 0 radical (unpaired) electrons. The molecule has 1 aromatic rings. The van der Waals surface area contributed by atoms with Crippen molar-refractivity contribution in [2.24, 2.45) is 0 Å². The van der Waals surface area contributed by atoms with E-state index in [1.54, 1.807) is 0 Å². The Bertz CT molecular complexity index is 420. The predicted octanol–water partition coefficient (Wildman–Crippen LogP) is 4.88. The molecule has 0 saturated carbocycles. The molecule has 2 atom stereocenters. The SMILES string of the molecule is CCCSc1ccc(C(O)CCN2CCCCC2CC)cc1. The third kappa shape index (κ3) is 5.29. The van der Waals surface area contributed by atoms with Crippen LogP contribution in [0.1, 0.15) is 64.0 Å². The first-order valence-corrected chi connectivity index (χ1v) is 9.88. The van der Waals surface area contributed by atoms with E-state index in [1.807, 2.05) is 11.8 Å². The molecule has 22 heavy (non-hydrogen) atoms. The van der Waals surface area contributed by atoms with Crippen molar-refractivity contribution in [3.8, 4) is 0 Å². The van der Waals surface area contributed by atoms with Gasteiger partial charge < -0.3 is 10.0 Å². The van der Waals surface area contributed by atoms with E-state index >= 15 is 0 Å². The topological polar surface area (TPSA) is 23.5 Å². The van der Waals surface area contributed by atoms with Gasteiger partial charge >= 0.3 is 0 Å². The lowest BCUT2D eigenvalue weighted by molar-refractivity contribution is 0.101. The maximum absolute atomic E-state index is 10.4. The van der Waals surface area contributed by atoms with E-state index in [2.05, 4.69) is 43.0 Å². The van der Waals surface area contributed by atoms with Gasteiger partial charge in [0.15, 0.2) is 0 Å². The van der Waals surface area contributed by atoms with Crippen molar-refractivity contribution in [1.82, 2.24) is 4.90 Å². The standard InChI is InChI=1S/C19H31NOS/c1-3-15-22-18-10-8-16(9-11-18)19(21)12-14-20-13-6-5-7-17(20)4-2/h8-11,17,19,21H,3-7,12-15H2,1-2H3. The van der Waals surface area contributed by atoms with Gasteiger partial charge in [0, 0.05) is 17.5 Å². The fraction of sp³-hybridized carbons (Fsp3) is 0.684. The van der Waals surface area contributed by atoms with Crippen LogP contribution in [0, 0.1) is 0 Å². The number of hydrogen-bond acceptors (Lipinski definition) is 3. The molecule has 0 spiro atoms. The van der Waals surface area contributed by atoms with Crippen molar-refractivity contribution in [2.45, 2.75) is 69.4 Å². The van der Waals surface area contributed by atoms with Gasteiger partial charge in [0.1, 0.15) is 0 Å². The van der Waals surface area contributed by atoms with E-state index in [0.29, 0.717) is 0 Å². The van der Waals surface area contributed by atoms with Crippen molar-refractivity contribution in [2.75, 3.05) is 18.8 Å². The third-order valence-electron chi connectivity index (χ3n) is 4.65. The van der Waals surface area contributed by atoms with Crippen LogP contribution in [0.5, 0.6) is 0 Å². The van der Waals surface area contributed by atoms with Crippen LogP contribution in [-0.2, 0) is 0 Å². The molecule has 2 rings (SSSR count). The molecule has 124 valence electrons. The summed E-state index contributed by atoms with van der Waals surface area (Å²) in [5, 5.41) is 10.4. The summed E-state index contributed by atoms with van der Waals surface area (Å²) >= 11 is 1.89. The van der Waals surface area contributed by atoms with E-state index in [-0.39, 0.29) is 6.10 Å². The Hall–Kier alpha value is -0.510. The number of aliphatic hydroxyl groups is 1. The third-order valence-corrected chi connectivity index (χ3v) is 5.87. The van der Waals surface area contributed by atoms with Gasteiger partial charge in [-0.15, -0.1) is 11.8 Å². The van der Waals surface area contributed by atoms with Crippen LogP contribution in [0.3, 0.4) is 0 Å². The number of hydrogen-bond donors (Lipinski definition) is 1. The smallest absolute Gasteiger partial charge is 0.0802 e. The fourth-order valence-electron chi connectivity index (χ4n) is 3.28. The van der Waals surface area contributed by atoms with Crippen LogP contribution in [0.4, 0.5) is 0 Å². The highest BCUT2D eigenvalue weighted by Gasteiger charge is 2.21. The minimum atomic E-state index is -0.329. The van der Waals surface area contributed by atoms with Gasteiger partial charge in [-0.2, -0.15) is 0 Å². The minimum absolute atomic E-state index is 0.329. The van der Waals surface area contributed by atoms with E-state index in [9.17, 15) is 5.11 Å². The molecular formula is C19H31NOS. The van der Waals surface area contributed by atoms with Gasteiger partial charge in [-0.1, -0.05) is 32.4 Å². The first-order valence-electron chi connectivity index (χ1n) is 8.89. The molecular weight excluding hydrogens is 290 g/mol. The van der Waals surface area contributed by atoms with Crippen molar-refractivity contribution in [3.63, 3.8) is 0 Å². The second-order valence-electron chi connectivity index (χ2n) is 6.32. The van der Waals surface area contributed by atoms with Crippen LogP contribution in [0.2, 0.25) is 0 Å². The molecule has 0 aliphatic carbocycles. The average molecular weight is 322 g/mol. The Balaban J connectivity index is 1.82. The quantitative estimate of drug-likeness (QED) is 0.691. The molecule has 0 aromatic heterocycles. The van der Waals surface area contributed by atoms with E-state index in [0.717, 1.165) is 30.3 Å². The highest BCUT2D eigenvalue weighted by molar-refractivity contribution is 7.99. The second-order valence-corrected chi connectivity index (χ2v) is 7.48. The van der Waals surface area contributed by atoms with Crippen molar-refractivity contribution >= 4 is 11.8 Å². The molecule has 0 bridgehead atoms. The molecule has 1 aromatic carbocycles. The van der Waals surface area contributed by atoms with Gasteiger partial charge in [0.25, 0.3) is 0 Å². The molecule has 2 unspecified atom stereocenters. The Kier molecular flexibility index (Phi) is 7.77. The molecule has 1 aliphatic rings. The summed E-state index contributed by atoms with van der Waals surface area (Å²) in [4.78, 5) is 3.89. The molecule has 1 heterocycles. The summed E-state index contributed by atoms with van der Waals surface area (Å²) in [6.07, 6.45) is 6.96. The van der Waals surface area contributed by atoms with Gasteiger partial charge in [-0.3, -0.25) is 0 Å². The predicted molar refractivity (Wildman–Crippen MR) is 96.5 cm³/mol. The van der Waals surface area contributed by atoms with Crippen LogP contribution in [-0.4, -0.2) is 34.9 Å². The summed E-state index contributed by atoms with van der Waals surface area (Å²) in [6.45, 7) is 6.71. The number of benzene rings is 1. The highest BCUT2D eigenvalue weighted by atomic mass is 32.2. The monoisotopic (exact) mass is 321 g/mol. The fourth-order valence-corrected chi connectivity index (χ4v) is 4.05. The summed E-state index contributed by atoms with van der Waals surface area (Å²) < 4.78 is 0. The lowest BCUT2D eigenvalue weighted by atomic mass is 9.99. The van der Waals surface area contributed by atoms with E-state index < -0.39 is 0 Å². The highest BCUT2D eigenvalue weighted by Crippen LogP contribution is 2.25. The molecule has 1 N–H and O–H groups in total. The lowest BCUT2D eigenvalue weighted by Gasteiger charge is -2.35. The number of rotatable bonds is 8.